The van der Waals surface area contributed by atoms with Crippen molar-refractivity contribution in [2.45, 2.75) is 0 Å². The number of hydrogen-bond acceptors (Lipinski definition) is 2. The predicted molar refractivity (Wildman–Crippen MR) is 42.7 cm³/mol. The number of hydrazine groups is 1. The first-order valence-corrected chi connectivity index (χ1v) is 2.98. The largest absolute Gasteiger partial charge is 0.365 e. The van der Waals surface area contributed by atoms with Crippen molar-refractivity contribution in [1.29, 1.82) is 0 Å². The Bertz CT molecular complexity index is 113. The van der Waals surface area contributed by atoms with Crippen LogP contribution in [0.1, 0.15) is 0 Å². The van der Waals surface area contributed by atoms with Crippen LogP contribution >= 0.6 is 12.2 Å². The molecule has 0 aliphatic heterocycles. The minimum Gasteiger partial charge on any atom is -0.365 e. The average molecular weight is 145 g/mol. The van der Waals surface area contributed by atoms with Gasteiger partial charge in [-0.2, -0.15) is 0 Å². The van der Waals surface area contributed by atoms with E-state index < -0.39 is 0 Å². The van der Waals surface area contributed by atoms with Crippen molar-refractivity contribution in [3.8, 4) is 0 Å². The van der Waals surface area contributed by atoms with Crippen LogP contribution in [0.3, 0.4) is 0 Å². The van der Waals surface area contributed by atoms with Crippen molar-refractivity contribution in [2.75, 3.05) is 13.6 Å². The maximum Gasteiger partial charge on any atom is 0.183 e. The molecule has 0 rings (SSSR count). The van der Waals surface area contributed by atoms with Crippen LogP contribution in [0.2, 0.25) is 0 Å². The lowest BCUT2D eigenvalue weighted by Crippen LogP contribution is -2.42. The van der Waals surface area contributed by atoms with E-state index in [0.29, 0.717) is 11.7 Å². The molecule has 0 fully saturated rings. The van der Waals surface area contributed by atoms with Gasteiger partial charge in [-0.05, 0) is 12.2 Å². The number of nitrogens with two attached hydrogens (primary N) is 1. The molecule has 4 heteroatoms. The molecule has 0 amide bonds. The number of nitrogens with one attached hydrogen (secondary N) is 1. The molecule has 0 aliphatic carbocycles. The van der Waals surface area contributed by atoms with Crippen LogP contribution in [-0.2, 0) is 0 Å². The number of thiocarbonyl (C=S) groups is 1. The van der Waals surface area contributed by atoms with Crippen molar-refractivity contribution >= 4 is 17.3 Å². The Labute approximate surface area is 60.5 Å². The van der Waals surface area contributed by atoms with Crippen LogP contribution < -0.4 is 11.2 Å². The van der Waals surface area contributed by atoms with Crippen molar-refractivity contribution in [2.24, 2.45) is 5.84 Å². The number of nitrogens with zero attached hydrogens (tertiary/aromatic N) is 1. The lowest BCUT2D eigenvalue weighted by molar-refractivity contribution is 0.484. The van der Waals surface area contributed by atoms with E-state index >= 15 is 0 Å². The fraction of sp³-hybridized carbons (Fsp3) is 0.400. The van der Waals surface area contributed by atoms with Gasteiger partial charge in [0.15, 0.2) is 5.11 Å². The van der Waals surface area contributed by atoms with Gasteiger partial charge >= 0.3 is 0 Å². The SMILES string of the molecule is C=CCN(N)C(=S)NC. The molecule has 0 spiro atoms. The minimum atomic E-state index is 0.523. The normalized spacial score (nSPS) is 8.22. The molecule has 0 saturated heterocycles. The van der Waals surface area contributed by atoms with E-state index in [2.05, 4.69) is 11.9 Å². The summed E-state index contributed by atoms with van der Waals surface area (Å²) >= 11 is 4.79. The van der Waals surface area contributed by atoms with Gasteiger partial charge in [-0.15, -0.1) is 6.58 Å². The second kappa shape index (κ2) is 4.29. The maximum absolute atomic E-state index is 5.40. The summed E-state index contributed by atoms with van der Waals surface area (Å²) in [6.07, 6.45) is 1.68. The van der Waals surface area contributed by atoms with Gasteiger partial charge in [0.25, 0.3) is 0 Å². The molecule has 0 aromatic carbocycles. The van der Waals surface area contributed by atoms with Gasteiger partial charge in [0.05, 0.1) is 6.54 Å². The Balaban J connectivity index is 3.58. The first-order valence-electron chi connectivity index (χ1n) is 2.57. The monoisotopic (exact) mass is 145 g/mol. The van der Waals surface area contributed by atoms with Gasteiger partial charge in [0.2, 0.25) is 0 Å². The average Bonchev–Trinajstić information content (AvgIpc) is 1.87. The molecule has 52 valence electrons. The topological polar surface area (TPSA) is 41.3 Å². The lowest BCUT2D eigenvalue weighted by atomic mass is 10.6. The fourth-order valence-corrected chi connectivity index (χ4v) is 0.440. The lowest BCUT2D eigenvalue weighted by Gasteiger charge is -2.15. The first kappa shape index (κ1) is 8.39. The van der Waals surface area contributed by atoms with Gasteiger partial charge < -0.3 is 5.32 Å². The van der Waals surface area contributed by atoms with Crippen molar-refractivity contribution < 1.29 is 0 Å². The van der Waals surface area contributed by atoms with Gasteiger partial charge in [-0.3, -0.25) is 5.01 Å². The highest BCUT2D eigenvalue weighted by Gasteiger charge is 1.96. The molecule has 0 aromatic rings. The first-order chi connectivity index (χ1) is 4.22. The quantitative estimate of drug-likeness (QED) is 0.245. The third kappa shape index (κ3) is 3.05. The summed E-state index contributed by atoms with van der Waals surface area (Å²) in [6.45, 7) is 4.08. The Morgan fingerprint density at radius 3 is 2.89 bits per heavy atom. The molecule has 0 heterocycles. The zero-order chi connectivity index (χ0) is 7.28. The summed E-state index contributed by atoms with van der Waals surface area (Å²) in [5.74, 6) is 5.40. The summed E-state index contributed by atoms with van der Waals surface area (Å²) in [6, 6.07) is 0. The van der Waals surface area contributed by atoms with Crippen LogP contribution in [0.4, 0.5) is 0 Å². The summed E-state index contributed by atoms with van der Waals surface area (Å²) in [7, 11) is 1.73. The summed E-state index contributed by atoms with van der Waals surface area (Å²) in [4.78, 5) is 0. The highest BCUT2D eigenvalue weighted by atomic mass is 32.1. The van der Waals surface area contributed by atoms with Crippen molar-refractivity contribution in [3.63, 3.8) is 0 Å². The molecule has 0 aromatic heterocycles. The number of hydrogen-bond donors (Lipinski definition) is 2. The molecule has 0 radical (unpaired) electrons. The Morgan fingerprint density at radius 1 is 2.00 bits per heavy atom. The molecule has 0 aliphatic rings. The summed E-state index contributed by atoms with van der Waals surface area (Å²) in [5.41, 5.74) is 0. The van der Waals surface area contributed by atoms with E-state index in [1.165, 1.54) is 5.01 Å². The van der Waals surface area contributed by atoms with Crippen LogP contribution in [0, 0.1) is 0 Å². The Hall–Kier alpha value is -0.610. The van der Waals surface area contributed by atoms with Crippen molar-refractivity contribution in [1.82, 2.24) is 10.3 Å². The Morgan fingerprint density at radius 2 is 2.56 bits per heavy atom. The molecule has 3 N–H and O–H groups in total. The molecule has 9 heavy (non-hydrogen) atoms. The zero-order valence-electron chi connectivity index (χ0n) is 5.42. The van der Waals surface area contributed by atoms with Gasteiger partial charge in [0, 0.05) is 7.05 Å². The predicted octanol–water partition coefficient (Wildman–Crippen LogP) is -0.148. The van der Waals surface area contributed by atoms with E-state index in [4.69, 9.17) is 18.1 Å². The second-order valence-electron chi connectivity index (χ2n) is 1.50. The highest BCUT2D eigenvalue weighted by Crippen LogP contribution is 1.78. The molecule has 0 bridgehead atoms. The van der Waals surface area contributed by atoms with E-state index in [-0.39, 0.29) is 0 Å². The van der Waals surface area contributed by atoms with Crippen LogP contribution in [-0.4, -0.2) is 23.7 Å². The second-order valence-corrected chi connectivity index (χ2v) is 1.88. The summed E-state index contributed by atoms with van der Waals surface area (Å²) in [5, 5.41) is 4.66. The summed E-state index contributed by atoms with van der Waals surface area (Å²) < 4.78 is 0. The van der Waals surface area contributed by atoms with E-state index in [0.717, 1.165) is 0 Å². The molecule has 0 saturated carbocycles. The Kier molecular flexibility index (Phi) is 4.00. The minimum absolute atomic E-state index is 0.523. The van der Waals surface area contributed by atoms with Gasteiger partial charge in [-0.25, -0.2) is 5.84 Å². The zero-order valence-corrected chi connectivity index (χ0v) is 6.24. The molecular formula is C5H11N3S. The highest BCUT2D eigenvalue weighted by molar-refractivity contribution is 7.80. The van der Waals surface area contributed by atoms with Gasteiger partial charge in [0.1, 0.15) is 0 Å². The standard InChI is InChI=1S/C5H11N3S/c1-3-4-8(6)5(9)7-2/h3H,1,4,6H2,2H3,(H,7,9). The van der Waals surface area contributed by atoms with E-state index in [9.17, 15) is 0 Å². The molecule has 0 unspecified atom stereocenters. The van der Waals surface area contributed by atoms with E-state index in [1.54, 1.807) is 13.1 Å². The fourth-order valence-electron chi connectivity index (χ4n) is 0.366. The molecule has 0 atom stereocenters. The van der Waals surface area contributed by atoms with Gasteiger partial charge in [-0.1, -0.05) is 6.08 Å². The van der Waals surface area contributed by atoms with E-state index in [1.807, 2.05) is 0 Å². The van der Waals surface area contributed by atoms with Crippen molar-refractivity contribution in [3.05, 3.63) is 12.7 Å². The van der Waals surface area contributed by atoms with Crippen LogP contribution in [0.5, 0.6) is 0 Å². The maximum atomic E-state index is 5.40. The van der Waals surface area contributed by atoms with Crippen LogP contribution in [0.15, 0.2) is 12.7 Å². The third-order valence-electron chi connectivity index (χ3n) is 0.801. The molecular weight excluding hydrogens is 134 g/mol. The van der Waals surface area contributed by atoms with Crippen LogP contribution in [0.25, 0.3) is 0 Å². The molecule has 3 nitrogen and oxygen atoms in total. The smallest absolute Gasteiger partial charge is 0.183 e. The number of rotatable bonds is 2. The third-order valence-corrected chi connectivity index (χ3v) is 1.24.